The maximum atomic E-state index is 13.0. The minimum absolute atomic E-state index is 0.0970. The second kappa shape index (κ2) is 8.94. The van der Waals surface area contributed by atoms with E-state index < -0.39 is 0 Å². The second-order valence-corrected chi connectivity index (χ2v) is 9.07. The molecule has 2 aromatic rings. The Hall–Kier alpha value is -2.09. The summed E-state index contributed by atoms with van der Waals surface area (Å²) in [5.41, 5.74) is 5.99. The third-order valence-corrected chi connectivity index (χ3v) is 5.66. The summed E-state index contributed by atoms with van der Waals surface area (Å²) >= 11 is 0. The molecular weight excluding hydrogens is 344 g/mol. The summed E-state index contributed by atoms with van der Waals surface area (Å²) in [6.07, 6.45) is 7.39. The Balaban J connectivity index is 1.85. The van der Waals surface area contributed by atoms with E-state index in [0.29, 0.717) is 13.0 Å². The maximum absolute atomic E-state index is 13.0. The Morgan fingerprint density at radius 1 is 0.964 bits per heavy atom. The third-order valence-electron chi connectivity index (χ3n) is 5.66. The minimum Gasteiger partial charge on any atom is -0.493 e. The number of carbonyl (C=O) groups excluding carboxylic acids is 1. The van der Waals surface area contributed by atoms with Gasteiger partial charge in [-0.05, 0) is 60.3 Å². The average molecular weight is 379 g/mol. The summed E-state index contributed by atoms with van der Waals surface area (Å²) in [6.45, 7) is 9.38. The van der Waals surface area contributed by atoms with Crippen LogP contribution in [0.4, 0.5) is 0 Å². The van der Waals surface area contributed by atoms with Crippen molar-refractivity contribution in [3.05, 3.63) is 64.2 Å². The highest BCUT2D eigenvalue weighted by molar-refractivity contribution is 5.97. The molecule has 0 N–H and O–H groups in total. The van der Waals surface area contributed by atoms with Crippen molar-refractivity contribution in [2.75, 3.05) is 6.61 Å². The monoisotopic (exact) mass is 378 g/mol. The van der Waals surface area contributed by atoms with Crippen LogP contribution in [0.15, 0.2) is 36.4 Å². The Kier molecular flexibility index (Phi) is 6.59. The van der Waals surface area contributed by atoms with E-state index in [1.54, 1.807) is 0 Å². The molecule has 0 aromatic heterocycles. The Labute approximate surface area is 170 Å². The van der Waals surface area contributed by atoms with E-state index in [1.165, 1.54) is 36.0 Å². The number of Topliss-reactive ketones (excluding diaryl/α,β-unsaturated/α-hetero) is 1. The van der Waals surface area contributed by atoms with Crippen molar-refractivity contribution in [1.82, 2.24) is 0 Å². The number of hydrogen-bond acceptors (Lipinski definition) is 2. The molecule has 0 radical (unpaired) electrons. The summed E-state index contributed by atoms with van der Waals surface area (Å²) in [7, 11) is 0. The fourth-order valence-electron chi connectivity index (χ4n) is 3.91. The first kappa shape index (κ1) is 20.6. The SMILES string of the molecule is CCCOc1cc2c(cc1CC(=O)c1ccc(C(C)(C)C)cc1)CCCCC2. The van der Waals surface area contributed by atoms with E-state index in [4.69, 9.17) is 4.74 Å². The molecule has 28 heavy (non-hydrogen) atoms. The van der Waals surface area contributed by atoms with Gasteiger partial charge in [-0.2, -0.15) is 0 Å². The molecule has 150 valence electrons. The van der Waals surface area contributed by atoms with Crippen LogP contribution in [0.3, 0.4) is 0 Å². The van der Waals surface area contributed by atoms with Gasteiger partial charge in [-0.3, -0.25) is 4.79 Å². The Bertz CT molecular complexity index is 810. The van der Waals surface area contributed by atoms with Gasteiger partial charge < -0.3 is 4.74 Å². The summed E-state index contributed by atoms with van der Waals surface area (Å²) in [5, 5.41) is 0. The van der Waals surface area contributed by atoms with Gasteiger partial charge >= 0.3 is 0 Å². The highest BCUT2D eigenvalue weighted by Crippen LogP contribution is 2.30. The van der Waals surface area contributed by atoms with Gasteiger partial charge in [-0.25, -0.2) is 0 Å². The van der Waals surface area contributed by atoms with Crippen LogP contribution >= 0.6 is 0 Å². The molecule has 0 fully saturated rings. The highest BCUT2D eigenvalue weighted by Gasteiger charge is 2.18. The number of benzene rings is 2. The highest BCUT2D eigenvalue weighted by atomic mass is 16.5. The van der Waals surface area contributed by atoms with Crippen LogP contribution in [0.2, 0.25) is 0 Å². The molecule has 0 heterocycles. The number of ketones is 1. The van der Waals surface area contributed by atoms with Crippen molar-refractivity contribution >= 4 is 5.78 Å². The van der Waals surface area contributed by atoms with Crippen molar-refractivity contribution in [3.63, 3.8) is 0 Å². The maximum Gasteiger partial charge on any atom is 0.167 e. The van der Waals surface area contributed by atoms with E-state index in [-0.39, 0.29) is 11.2 Å². The quantitative estimate of drug-likeness (QED) is 0.425. The zero-order valence-corrected chi connectivity index (χ0v) is 17.9. The van der Waals surface area contributed by atoms with Gasteiger partial charge in [0.2, 0.25) is 0 Å². The predicted molar refractivity (Wildman–Crippen MR) is 117 cm³/mol. The van der Waals surface area contributed by atoms with Crippen LogP contribution in [0.25, 0.3) is 0 Å². The van der Waals surface area contributed by atoms with Crippen LogP contribution in [0.5, 0.6) is 5.75 Å². The molecule has 2 heteroatoms. The summed E-state index contributed by atoms with van der Waals surface area (Å²) in [5.74, 6) is 1.07. The molecule has 2 aromatic carbocycles. The molecule has 0 saturated carbocycles. The molecule has 0 aliphatic heterocycles. The molecule has 0 bridgehead atoms. The number of ether oxygens (including phenoxy) is 1. The lowest BCUT2D eigenvalue weighted by molar-refractivity contribution is 0.0991. The number of rotatable bonds is 6. The Morgan fingerprint density at radius 2 is 1.61 bits per heavy atom. The molecule has 0 unspecified atom stereocenters. The lowest BCUT2D eigenvalue weighted by Gasteiger charge is -2.19. The number of hydrogen-bond donors (Lipinski definition) is 0. The number of carbonyl (C=O) groups is 1. The molecule has 0 saturated heterocycles. The standard InChI is InChI=1S/C26H34O2/c1-5-15-28-25-18-21-10-8-6-7-9-20(21)16-22(25)17-24(27)19-11-13-23(14-12-19)26(2,3)4/h11-14,16,18H,5-10,15,17H2,1-4H3. The van der Waals surface area contributed by atoms with Gasteiger partial charge in [0.15, 0.2) is 5.78 Å². The predicted octanol–water partition coefficient (Wildman–Crippen LogP) is 6.47. The van der Waals surface area contributed by atoms with Crippen molar-refractivity contribution in [2.24, 2.45) is 0 Å². The third kappa shape index (κ3) is 5.04. The van der Waals surface area contributed by atoms with Gasteiger partial charge in [0.25, 0.3) is 0 Å². The van der Waals surface area contributed by atoms with Crippen LogP contribution < -0.4 is 4.74 Å². The molecular formula is C26H34O2. The minimum atomic E-state index is 0.0970. The normalized spacial score (nSPS) is 14.3. The van der Waals surface area contributed by atoms with Gasteiger partial charge in [0.05, 0.1) is 6.61 Å². The van der Waals surface area contributed by atoms with Crippen molar-refractivity contribution < 1.29 is 9.53 Å². The largest absolute Gasteiger partial charge is 0.493 e. The lowest BCUT2D eigenvalue weighted by Crippen LogP contribution is -2.12. The first-order chi connectivity index (χ1) is 13.4. The van der Waals surface area contributed by atoms with E-state index in [0.717, 1.165) is 36.1 Å². The number of fused-ring (bicyclic) bond motifs is 1. The van der Waals surface area contributed by atoms with Gasteiger partial charge in [-0.1, -0.05) is 64.4 Å². The molecule has 1 aliphatic carbocycles. The van der Waals surface area contributed by atoms with Gasteiger partial charge in [0, 0.05) is 17.5 Å². The second-order valence-electron chi connectivity index (χ2n) is 9.07. The van der Waals surface area contributed by atoms with Crippen LogP contribution in [-0.2, 0) is 24.7 Å². The first-order valence-electron chi connectivity index (χ1n) is 10.8. The Morgan fingerprint density at radius 3 is 2.21 bits per heavy atom. The van der Waals surface area contributed by atoms with Crippen molar-refractivity contribution in [1.29, 1.82) is 0 Å². The van der Waals surface area contributed by atoms with Crippen molar-refractivity contribution in [3.8, 4) is 5.75 Å². The lowest BCUT2D eigenvalue weighted by atomic mass is 9.86. The average Bonchev–Trinajstić information content (AvgIpc) is 2.90. The zero-order chi connectivity index (χ0) is 20.1. The first-order valence-corrected chi connectivity index (χ1v) is 10.8. The van der Waals surface area contributed by atoms with Crippen LogP contribution in [-0.4, -0.2) is 12.4 Å². The molecule has 3 rings (SSSR count). The van der Waals surface area contributed by atoms with Gasteiger partial charge in [-0.15, -0.1) is 0 Å². The van der Waals surface area contributed by atoms with Crippen LogP contribution in [0, 0.1) is 0 Å². The van der Waals surface area contributed by atoms with Crippen LogP contribution in [0.1, 0.15) is 86.0 Å². The molecule has 2 nitrogen and oxygen atoms in total. The van der Waals surface area contributed by atoms with E-state index in [1.807, 2.05) is 12.1 Å². The summed E-state index contributed by atoms with van der Waals surface area (Å²) in [6, 6.07) is 12.6. The van der Waals surface area contributed by atoms with E-state index in [9.17, 15) is 4.79 Å². The molecule has 0 amide bonds. The number of aryl methyl sites for hydroxylation is 2. The van der Waals surface area contributed by atoms with E-state index >= 15 is 0 Å². The fourth-order valence-corrected chi connectivity index (χ4v) is 3.91. The topological polar surface area (TPSA) is 26.3 Å². The zero-order valence-electron chi connectivity index (χ0n) is 17.9. The van der Waals surface area contributed by atoms with Crippen molar-refractivity contribution in [2.45, 2.75) is 78.1 Å². The van der Waals surface area contributed by atoms with E-state index in [2.05, 4.69) is 52.0 Å². The molecule has 0 spiro atoms. The fraction of sp³-hybridized carbons (Fsp3) is 0.500. The smallest absolute Gasteiger partial charge is 0.167 e. The molecule has 1 aliphatic rings. The summed E-state index contributed by atoms with van der Waals surface area (Å²) in [4.78, 5) is 13.0. The molecule has 0 atom stereocenters. The summed E-state index contributed by atoms with van der Waals surface area (Å²) < 4.78 is 6.04. The van der Waals surface area contributed by atoms with Gasteiger partial charge in [0.1, 0.15) is 5.75 Å².